The van der Waals surface area contributed by atoms with E-state index >= 15 is 0 Å². The number of unbranched alkanes of at least 4 members (excludes halogenated alkanes) is 18. The monoisotopic (exact) mass is 887 g/mol. The number of rotatable bonds is 47. The first-order valence-electron chi connectivity index (χ1n) is 26.4. The molecule has 1 atom stereocenters. The van der Waals surface area contributed by atoms with E-state index in [0.717, 1.165) is 103 Å². The summed E-state index contributed by atoms with van der Waals surface area (Å²) in [6, 6.07) is 0. The van der Waals surface area contributed by atoms with Crippen LogP contribution in [0.5, 0.6) is 0 Å². The molecule has 0 fully saturated rings. The molecule has 0 bridgehead atoms. The normalized spacial score (nSPS) is 13.1. The predicted octanol–water partition coefficient (Wildman–Crippen LogP) is 18.0. The highest BCUT2D eigenvalue weighted by molar-refractivity contribution is 5.70. The van der Waals surface area contributed by atoms with Gasteiger partial charge in [0.05, 0.1) is 6.61 Å². The molecule has 5 nitrogen and oxygen atoms in total. The van der Waals surface area contributed by atoms with Crippen molar-refractivity contribution in [2.45, 2.75) is 232 Å². The number of hydrogen-bond acceptors (Lipinski definition) is 5. The summed E-state index contributed by atoms with van der Waals surface area (Å²) in [6.45, 7) is 7.49. The SMILES string of the molecule is CC/C=C\C/C=C\C/C=C\C/C=C\CCCCC(=O)OCC(COCCCCCCCCCC/C=C\CCCCCCCC)OC(=O)CCCC/C=C\C/C=C\C/C=C\C/C=C\CC. The molecule has 64 heavy (non-hydrogen) atoms. The standard InChI is InChI=1S/C59H98O5/c1-4-7-10-13-16-19-22-25-28-29-30-33-36-39-42-45-48-51-54-62-55-57(64-59(61)53-50-47-44-41-38-35-32-27-24-21-18-15-12-9-6-3)56-63-58(60)52-49-46-43-40-37-34-31-26-23-20-17-14-11-8-5-2/h8-9,11-12,17-18,20-21,25-28,31-32,37-38,40-41,57H,4-7,10,13-16,19,22-24,29-30,33-36,39,42-56H2,1-3H3/b11-8-,12-9-,20-17-,21-18-,28-25-,31-26-,32-27-,40-37-,41-38-. The van der Waals surface area contributed by atoms with Crippen molar-refractivity contribution in [1.29, 1.82) is 0 Å². The van der Waals surface area contributed by atoms with Crippen LogP contribution in [0.25, 0.3) is 0 Å². The first kappa shape index (κ1) is 60.6. The van der Waals surface area contributed by atoms with E-state index in [0.29, 0.717) is 19.4 Å². The quantitative estimate of drug-likeness (QED) is 0.0346. The Morgan fingerprint density at radius 3 is 1.14 bits per heavy atom. The maximum absolute atomic E-state index is 12.8. The zero-order valence-corrected chi connectivity index (χ0v) is 41.8. The van der Waals surface area contributed by atoms with Crippen molar-refractivity contribution >= 4 is 11.9 Å². The molecule has 0 aromatic carbocycles. The molecular formula is C59H98O5. The smallest absolute Gasteiger partial charge is 0.306 e. The molecule has 0 spiro atoms. The average molecular weight is 887 g/mol. The van der Waals surface area contributed by atoms with Crippen molar-refractivity contribution in [3.63, 3.8) is 0 Å². The molecule has 0 saturated heterocycles. The Kier molecular flexibility index (Phi) is 51.0. The van der Waals surface area contributed by atoms with Crippen molar-refractivity contribution in [2.75, 3.05) is 19.8 Å². The Morgan fingerprint density at radius 1 is 0.359 bits per heavy atom. The van der Waals surface area contributed by atoms with Crippen molar-refractivity contribution in [3.8, 4) is 0 Å². The topological polar surface area (TPSA) is 61.8 Å². The van der Waals surface area contributed by atoms with Gasteiger partial charge in [0, 0.05) is 19.4 Å². The zero-order chi connectivity index (χ0) is 46.3. The van der Waals surface area contributed by atoms with E-state index in [9.17, 15) is 9.59 Å². The van der Waals surface area contributed by atoms with Gasteiger partial charge < -0.3 is 14.2 Å². The minimum Gasteiger partial charge on any atom is -0.462 e. The lowest BCUT2D eigenvalue weighted by molar-refractivity contribution is -0.163. The summed E-state index contributed by atoms with van der Waals surface area (Å²) in [5, 5.41) is 0. The molecule has 0 aromatic heterocycles. The van der Waals surface area contributed by atoms with Crippen molar-refractivity contribution in [1.82, 2.24) is 0 Å². The van der Waals surface area contributed by atoms with Crippen LogP contribution in [0.4, 0.5) is 0 Å². The van der Waals surface area contributed by atoms with Gasteiger partial charge in [-0.1, -0.05) is 201 Å². The van der Waals surface area contributed by atoms with Gasteiger partial charge in [0.1, 0.15) is 6.61 Å². The van der Waals surface area contributed by atoms with Crippen LogP contribution >= 0.6 is 0 Å². The molecule has 5 heteroatoms. The Morgan fingerprint density at radius 2 is 0.703 bits per heavy atom. The molecule has 0 aliphatic rings. The second-order valence-corrected chi connectivity index (χ2v) is 17.0. The first-order chi connectivity index (χ1) is 31.6. The van der Waals surface area contributed by atoms with Gasteiger partial charge >= 0.3 is 11.9 Å². The van der Waals surface area contributed by atoms with E-state index in [-0.39, 0.29) is 25.2 Å². The van der Waals surface area contributed by atoms with E-state index < -0.39 is 6.10 Å². The van der Waals surface area contributed by atoms with Gasteiger partial charge in [0.25, 0.3) is 0 Å². The molecular weight excluding hydrogens is 789 g/mol. The van der Waals surface area contributed by atoms with Crippen LogP contribution in [0.1, 0.15) is 226 Å². The van der Waals surface area contributed by atoms with Crippen molar-refractivity contribution in [3.05, 3.63) is 109 Å². The van der Waals surface area contributed by atoms with E-state index in [4.69, 9.17) is 14.2 Å². The largest absolute Gasteiger partial charge is 0.462 e. The summed E-state index contributed by atoms with van der Waals surface area (Å²) >= 11 is 0. The van der Waals surface area contributed by atoms with Gasteiger partial charge in [-0.2, -0.15) is 0 Å². The number of esters is 2. The average Bonchev–Trinajstić information content (AvgIpc) is 3.30. The van der Waals surface area contributed by atoms with Crippen LogP contribution in [-0.4, -0.2) is 37.9 Å². The maximum Gasteiger partial charge on any atom is 0.306 e. The Labute approximate surface area is 395 Å². The number of ether oxygens (including phenoxy) is 3. The second-order valence-electron chi connectivity index (χ2n) is 17.0. The third kappa shape index (κ3) is 51.2. The number of hydrogen-bond donors (Lipinski definition) is 0. The van der Waals surface area contributed by atoms with Crippen LogP contribution in [0.3, 0.4) is 0 Å². The summed E-state index contributed by atoms with van der Waals surface area (Å²) in [7, 11) is 0. The molecule has 364 valence electrons. The number of carbonyl (C=O) groups is 2. The molecule has 0 N–H and O–H groups in total. The van der Waals surface area contributed by atoms with Crippen LogP contribution in [0.2, 0.25) is 0 Å². The maximum atomic E-state index is 12.8. The van der Waals surface area contributed by atoms with Gasteiger partial charge in [-0.3, -0.25) is 9.59 Å². The summed E-state index contributed by atoms with van der Waals surface area (Å²) in [5.74, 6) is -0.499. The Balaban J connectivity index is 4.41. The molecule has 0 aliphatic heterocycles. The lowest BCUT2D eigenvalue weighted by Gasteiger charge is -2.18. The van der Waals surface area contributed by atoms with Crippen LogP contribution < -0.4 is 0 Å². The minimum absolute atomic E-state index is 0.0400. The van der Waals surface area contributed by atoms with Crippen LogP contribution in [0.15, 0.2) is 109 Å². The van der Waals surface area contributed by atoms with Crippen molar-refractivity contribution in [2.24, 2.45) is 0 Å². The number of carbonyl (C=O) groups excluding carboxylic acids is 2. The van der Waals surface area contributed by atoms with Crippen LogP contribution in [0, 0.1) is 0 Å². The van der Waals surface area contributed by atoms with Crippen molar-refractivity contribution < 1.29 is 23.8 Å². The predicted molar refractivity (Wildman–Crippen MR) is 279 cm³/mol. The second kappa shape index (κ2) is 53.9. The fourth-order valence-electron chi connectivity index (χ4n) is 6.90. The van der Waals surface area contributed by atoms with Gasteiger partial charge in [0.2, 0.25) is 0 Å². The lowest BCUT2D eigenvalue weighted by atomic mass is 10.1. The molecule has 0 radical (unpaired) electrons. The van der Waals surface area contributed by atoms with E-state index in [1.807, 2.05) is 0 Å². The van der Waals surface area contributed by atoms with Gasteiger partial charge in [-0.25, -0.2) is 0 Å². The molecule has 0 aromatic rings. The third-order valence-electron chi connectivity index (χ3n) is 10.8. The van der Waals surface area contributed by atoms with E-state index in [2.05, 4.69) is 130 Å². The van der Waals surface area contributed by atoms with Gasteiger partial charge in [-0.05, 0) is 122 Å². The number of allylic oxidation sites excluding steroid dienone is 18. The highest BCUT2D eigenvalue weighted by Gasteiger charge is 2.17. The summed E-state index contributed by atoms with van der Waals surface area (Å²) in [4.78, 5) is 25.4. The highest BCUT2D eigenvalue weighted by atomic mass is 16.6. The van der Waals surface area contributed by atoms with Crippen LogP contribution in [-0.2, 0) is 23.8 Å². The third-order valence-corrected chi connectivity index (χ3v) is 10.8. The molecule has 1 unspecified atom stereocenters. The van der Waals surface area contributed by atoms with Gasteiger partial charge in [-0.15, -0.1) is 0 Å². The van der Waals surface area contributed by atoms with E-state index in [1.165, 1.54) is 89.9 Å². The molecule has 0 saturated carbocycles. The molecule has 0 amide bonds. The summed E-state index contributed by atoms with van der Waals surface area (Å²) in [5.41, 5.74) is 0. The summed E-state index contributed by atoms with van der Waals surface area (Å²) < 4.78 is 17.3. The minimum atomic E-state index is -0.583. The lowest BCUT2D eigenvalue weighted by Crippen LogP contribution is -2.30. The Bertz CT molecular complexity index is 1280. The fourth-order valence-corrected chi connectivity index (χ4v) is 6.90. The molecule has 0 heterocycles. The summed E-state index contributed by atoms with van der Waals surface area (Å²) in [6.07, 6.45) is 73.9. The molecule has 0 aliphatic carbocycles. The fraction of sp³-hybridized carbons (Fsp3) is 0.661. The molecule has 0 rings (SSSR count). The van der Waals surface area contributed by atoms with E-state index in [1.54, 1.807) is 0 Å². The zero-order valence-electron chi connectivity index (χ0n) is 41.8. The Hall–Kier alpha value is -3.44. The highest BCUT2D eigenvalue weighted by Crippen LogP contribution is 2.13. The first-order valence-corrected chi connectivity index (χ1v) is 26.4. The van der Waals surface area contributed by atoms with Gasteiger partial charge in [0.15, 0.2) is 6.10 Å².